The van der Waals surface area contributed by atoms with E-state index in [-0.39, 0.29) is 0 Å². The third-order valence-corrected chi connectivity index (χ3v) is 6.77. The van der Waals surface area contributed by atoms with Crippen LogP contribution in [0.1, 0.15) is 0 Å². The van der Waals surface area contributed by atoms with Crippen molar-refractivity contribution in [2.45, 2.75) is 0 Å². The van der Waals surface area contributed by atoms with Gasteiger partial charge in [-0.2, -0.15) is 0 Å². The van der Waals surface area contributed by atoms with Crippen LogP contribution in [-0.2, 0) is 0 Å². The van der Waals surface area contributed by atoms with Crippen LogP contribution in [0.25, 0.3) is 30.8 Å². The van der Waals surface area contributed by atoms with Crippen LogP contribution in [0.2, 0.25) is 0 Å². The van der Waals surface area contributed by atoms with E-state index in [0.29, 0.717) is 14.5 Å². The van der Waals surface area contributed by atoms with Gasteiger partial charge in [0.2, 0.25) is 0 Å². The fourth-order valence-electron chi connectivity index (χ4n) is 2.24. The van der Waals surface area contributed by atoms with E-state index in [1.807, 2.05) is 17.4 Å². The Bertz CT molecular complexity index is 846. The van der Waals surface area contributed by atoms with E-state index >= 15 is 0 Å². The Kier molecular flexibility index (Phi) is 3.04. The first kappa shape index (κ1) is 12.1. The van der Waals surface area contributed by atoms with Gasteiger partial charge in [-0.15, -0.1) is 0 Å². The fourth-order valence-corrected chi connectivity index (χ4v) is 5.78. The van der Waals surface area contributed by atoms with Gasteiger partial charge in [-0.3, -0.25) is 0 Å². The van der Waals surface area contributed by atoms with Crippen LogP contribution in [0.4, 0.5) is 0 Å². The summed E-state index contributed by atoms with van der Waals surface area (Å²) in [6, 6.07) is 21.1. The normalized spacial score (nSPS) is 11.0. The van der Waals surface area contributed by atoms with Crippen LogP contribution in [0.15, 0.2) is 65.6 Å². The zero-order chi connectivity index (χ0) is 13.4. The second-order valence-electron chi connectivity index (χ2n) is 4.53. The van der Waals surface area contributed by atoms with Crippen molar-refractivity contribution in [3.63, 3.8) is 0 Å². The number of fused-ring (bicyclic) bond motifs is 1. The fraction of sp³-hybridized carbons (Fsp3) is 0. The Morgan fingerprint density at radius 3 is 2.15 bits per heavy atom. The molecule has 0 radical (unpaired) electrons. The average Bonchev–Trinajstić information content (AvgIpc) is 3.09. The van der Waals surface area contributed by atoms with Gasteiger partial charge in [0.1, 0.15) is 0 Å². The third kappa shape index (κ3) is 2.04. The quantitative estimate of drug-likeness (QED) is 0.483. The van der Waals surface area contributed by atoms with Crippen molar-refractivity contribution in [3.8, 4) is 20.6 Å². The molecule has 0 fully saturated rings. The predicted molar refractivity (Wildman–Crippen MR) is 87.4 cm³/mol. The first-order valence-corrected chi connectivity index (χ1v) is 9.07. The Hall–Kier alpha value is -1.67. The van der Waals surface area contributed by atoms with E-state index in [4.69, 9.17) is 4.98 Å². The van der Waals surface area contributed by atoms with E-state index in [9.17, 15) is 0 Å². The van der Waals surface area contributed by atoms with Gasteiger partial charge < -0.3 is 0 Å². The Morgan fingerprint density at radius 2 is 1.45 bits per heavy atom. The molecule has 0 aliphatic carbocycles. The van der Waals surface area contributed by atoms with Crippen molar-refractivity contribution in [1.82, 2.24) is 4.98 Å². The number of aromatic nitrogens is 1. The third-order valence-electron chi connectivity index (χ3n) is 3.20. The summed E-state index contributed by atoms with van der Waals surface area (Å²) >= 11 is 2.22. The molecule has 2 aromatic heterocycles. The van der Waals surface area contributed by atoms with E-state index in [2.05, 4.69) is 59.5 Å². The molecule has 0 atom stereocenters. The Balaban J connectivity index is 1.88. The van der Waals surface area contributed by atoms with Gasteiger partial charge in [-0.25, -0.2) is 0 Å². The molecule has 0 unspecified atom stereocenters. The SMILES string of the molecule is c1ccc(-c2nc3c[se]c(-c4ccccc4)c3s2)cc1. The summed E-state index contributed by atoms with van der Waals surface area (Å²) in [5.74, 6) is 0. The standard InChI is InChI=1S/C17H11NSSe/c1-3-7-12(8-4-1)16-15-14(11-20-16)18-17(19-15)13-9-5-2-6-10-13/h1-11H. The van der Waals surface area contributed by atoms with Crippen LogP contribution in [0, 0.1) is 0 Å². The van der Waals surface area contributed by atoms with Gasteiger partial charge in [0.05, 0.1) is 0 Å². The average molecular weight is 340 g/mol. The monoisotopic (exact) mass is 341 g/mol. The number of rotatable bonds is 2. The molecule has 4 aromatic rings. The molecule has 0 aliphatic rings. The molecule has 3 heteroatoms. The molecule has 0 aliphatic heterocycles. The van der Waals surface area contributed by atoms with Crippen molar-refractivity contribution in [2.75, 3.05) is 0 Å². The summed E-state index contributed by atoms with van der Waals surface area (Å²) in [5.41, 5.74) is 3.72. The van der Waals surface area contributed by atoms with Gasteiger partial charge in [0, 0.05) is 0 Å². The van der Waals surface area contributed by atoms with Gasteiger partial charge in [-0.05, 0) is 0 Å². The second kappa shape index (κ2) is 5.02. The van der Waals surface area contributed by atoms with Gasteiger partial charge in [0.15, 0.2) is 0 Å². The molecule has 96 valence electrons. The van der Waals surface area contributed by atoms with Crippen LogP contribution in [-0.4, -0.2) is 19.5 Å². The molecule has 0 bridgehead atoms. The molecule has 0 N–H and O–H groups in total. The second-order valence-corrected chi connectivity index (χ2v) is 7.37. The van der Waals surface area contributed by atoms with Crippen molar-refractivity contribution in [1.29, 1.82) is 0 Å². The minimum absolute atomic E-state index is 0.407. The first-order valence-electron chi connectivity index (χ1n) is 6.41. The van der Waals surface area contributed by atoms with E-state index < -0.39 is 0 Å². The Labute approximate surface area is 127 Å². The molecule has 0 saturated heterocycles. The van der Waals surface area contributed by atoms with Gasteiger partial charge in [0.25, 0.3) is 0 Å². The molecule has 2 heterocycles. The predicted octanol–water partition coefficient (Wildman–Crippen LogP) is 4.69. The first-order chi connectivity index (χ1) is 9.92. The summed E-state index contributed by atoms with van der Waals surface area (Å²) in [5, 5.41) is 1.12. The number of hydrogen-bond acceptors (Lipinski definition) is 2. The zero-order valence-electron chi connectivity index (χ0n) is 10.6. The van der Waals surface area contributed by atoms with Crippen LogP contribution < -0.4 is 0 Å². The molecular weight excluding hydrogens is 329 g/mol. The van der Waals surface area contributed by atoms with Crippen LogP contribution >= 0.6 is 11.3 Å². The summed E-state index contributed by atoms with van der Waals surface area (Å²) < 4.78 is 2.82. The van der Waals surface area contributed by atoms with Crippen molar-refractivity contribution in [2.24, 2.45) is 0 Å². The zero-order valence-corrected chi connectivity index (χ0v) is 13.1. The summed E-state index contributed by atoms with van der Waals surface area (Å²) in [7, 11) is 0. The molecule has 20 heavy (non-hydrogen) atoms. The van der Waals surface area contributed by atoms with E-state index in [1.165, 1.54) is 25.8 Å². The molecule has 2 aromatic carbocycles. The number of benzene rings is 2. The minimum atomic E-state index is 0.407. The summed E-state index contributed by atoms with van der Waals surface area (Å²) in [6.45, 7) is 0. The van der Waals surface area contributed by atoms with Gasteiger partial charge >= 0.3 is 127 Å². The maximum absolute atomic E-state index is 4.79. The molecule has 1 nitrogen and oxygen atoms in total. The van der Waals surface area contributed by atoms with Crippen molar-refractivity contribution >= 4 is 36.1 Å². The van der Waals surface area contributed by atoms with Crippen molar-refractivity contribution < 1.29 is 0 Å². The number of nitrogens with zero attached hydrogens (tertiary/aromatic N) is 1. The van der Waals surface area contributed by atoms with E-state index in [1.54, 1.807) is 0 Å². The summed E-state index contributed by atoms with van der Waals surface area (Å²) in [6.07, 6.45) is 0. The number of hydrogen-bond donors (Lipinski definition) is 0. The topological polar surface area (TPSA) is 12.9 Å². The van der Waals surface area contributed by atoms with Gasteiger partial charge in [-0.1, -0.05) is 0 Å². The molecule has 0 spiro atoms. The molecule has 4 rings (SSSR count). The van der Waals surface area contributed by atoms with Crippen LogP contribution in [0.5, 0.6) is 0 Å². The number of thiazole rings is 1. The van der Waals surface area contributed by atoms with Crippen molar-refractivity contribution in [3.05, 3.63) is 65.6 Å². The molecule has 0 amide bonds. The summed E-state index contributed by atoms with van der Waals surface area (Å²) in [4.78, 5) is 7.09. The molecule has 0 saturated carbocycles. The molecular formula is C17H11NSSe. The maximum atomic E-state index is 4.79. The van der Waals surface area contributed by atoms with E-state index in [0.717, 1.165) is 5.01 Å². The van der Waals surface area contributed by atoms with Crippen LogP contribution in [0.3, 0.4) is 0 Å². The Morgan fingerprint density at radius 1 is 0.800 bits per heavy atom.